The average molecular weight is 464 g/mol. The Bertz CT molecular complexity index is 1210. The van der Waals surface area contributed by atoms with Crippen LogP contribution in [0.5, 0.6) is 0 Å². The van der Waals surface area contributed by atoms with Gasteiger partial charge in [-0.3, -0.25) is 24.5 Å². The first-order valence-corrected chi connectivity index (χ1v) is 10.0. The molecule has 0 spiro atoms. The number of halogens is 3. The summed E-state index contributed by atoms with van der Waals surface area (Å²) in [4.78, 5) is 49.8. The smallest absolute Gasteiger partial charge is 0.346 e. The van der Waals surface area contributed by atoms with Gasteiger partial charge in [0.1, 0.15) is 6.02 Å². The standard InChI is InChI=1S/C22H18ClF2N3O4/c23-15-4-2-14(3-5-15)22(24,25)21(32)26-10-12-1-6-16-13(9-12)11-28(20(16)31)17-7-8-18(29)27-19(17)30/h1-6,9,17H,7-8,10-11H2,(H,26,32)(H,27,29,30)/i17D/hD. The van der Waals surface area contributed by atoms with Gasteiger partial charge in [0.15, 0.2) is 1.41 Å². The zero-order valence-electron chi connectivity index (χ0n) is 18.5. The highest BCUT2D eigenvalue weighted by atomic mass is 35.5. The van der Waals surface area contributed by atoms with E-state index in [9.17, 15) is 28.0 Å². The van der Waals surface area contributed by atoms with Gasteiger partial charge in [0.05, 0.1) is 1.37 Å². The quantitative estimate of drug-likeness (QED) is 0.666. The molecule has 10 heteroatoms. The second kappa shape index (κ2) is 8.31. The number of amides is 4. The van der Waals surface area contributed by atoms with E-state index in [1.165, 1.54) is 30.3 Å². The molecule has 166 valence electrons. The Morgan fingerprint density at radius 3 is 2.66 bits per heavy atom. The molecule has 1 unspecified atom stereocenters. The molecule has 2 heterocycles. The summed E-state index contributed by atoms with van der Waals surface area (Å²) in [6.07, 6.45) is -0.239. The maximum absolute atomic E-state index is 14.6. The van der Waals surface area contributed by atoms with E-state index in [-0.39, 0.29) is 35.3 Å². The summed E-state index contributed by atoms with van der Waals surface area (Å²) in [5, 5.41) is 2.43. The third-order valence-electron chi connectivity index (χ3n) is 5.28. The van der Waals surface area contributed by atoms with Crippen LogP contribution in [-0.4, -0.2) is 34.5 Å². The molecular formula is C22H18ClF2N3O4. The summed E-state index contributed by atoms with van der Waals surface area (Å²) in [5.41, 5.74) is 0.351. The third kappa shape index (κ3) is 4.08. The summed E-state index contributed by atoms with van der Waals surface area (Å²) in [6.45, 7) is -0.593. The molecule has 0 bridgehead atoms. The summed E-state index contributed by atoms with van der Waals surface area (Å²) < 4.78 is 45.5. The van der Waals surface area contributed by atoms with Crippen LogP contribution in [0, 0.1) is 0 Å². The van der Waals surface area contributed by atoms with E-state index in [4.69, 9.17) is 14.4 Å². The molecular weight excluding hydrogens is 444 g/mol. The SMILES string of the molecule is [2H]N(Cc1ccc2c(c1)CN(C1([2H])CCC(=O)NC1=O)C2=O)C(=O)C(F)(F)c1ccc(Cl)cc1. The Balaban J connectivity index is 1.50. The predicted octanol–water partition coefficient (Wildman–Crippen LogP) is 2.51. The van der Waals surface area contributed by atoms with Crippen molar-refractivity contribution in [1.82, 2.24) is 15.5 Å². The molecule has 0 aromatic heterocycles. The van der Waals surface area contributed by atoms with Crippen LogP contribution in [0.4, 0.5) is 8.78 Å². The second-order valence-corrected chi connectivity index (χ2v) is 7.85. The van der Waals surface area contributed by atoms with Crippen molar-refractivity contribution in [3.05, 3.63) is 69.7 Å². The normalized spacial score (nSPS) is 21.6. The van der Waals surface area contributed by atoms with Crippen LogP contribution < -0.4 is 10.6 Å². The highest BCUT2D eigenvalue weighted by molar-refractivity contribution is 6.30. The van der Waals surface area contributed by atoms with Gasteiger partial charge < -0.3 is 10.2 Å². The molecule has 2 aliphatic heterocycles. The Morgan fingerprint density at radius 2 is 1.97 bits per heavy atom. The first-order chi connectivity index (χ1) is 15.9. The zero-order chi connectivity index (χ0) is 24.8. The van der Waals surface area contributed by atoms with Crippen LogP contribution in [0.15, 0.2) is 42.5 Å². The number of imide groups is 1. The number of carbonyl (C=O) groups excluding carboxylic acids is 4. The van der Waals surface area contributed by atoms with Crippen molar-refractivity contribution >= 4 is 35.2 Å². The van der Waals surface area contributed by atoms with Crippen LogP contribution in [-0.2, 0) is 33.4 Å². The van der Waals surface area contributed by atoms with Gasteiger partial charge >= 0.3 is 5.92 Å². The minimum absolute atomic E-state index is 0.0850. The van der Waals surface area contributed by atoms with E-state index in [0.717, 1.165) is 17.0 Å². The van der Waals surface area contributed by atoms with E-state index >= 15 is 0 Å². The first kappa shape index (κ1) is 19.4. The maximum atomic E-state index is 14.6. The lowest BCUT2D eigenvalue weighted by Crippen LogP contribution is -2.52. The fourth-order valence-corrected chi connectivity index (χ4v) is 3.73. The van der Waals surface area contributed by atoms with Crippen LogP contribution >= 0.6 is 11.6 Å². The monoisotopic (exact) mass is 463 g/mol. The molecule has 0 radical (unpaired) electrons. The van der Waals surface area contributed by atoms with Crippen molar-refractivity contribution in [2.24, 2.45) is 0 Å². The molecule has 2 aliphatic rings. The highest BCUT2D eigenvalue weighted by Gasteiger charge is 2.41. The lowest BCUT2D eigenvalue weighted by molar-refractivity contribution is -0.147. The van der Waals surface area contributed by atoms with Crippen molar-refractivity contribution in [1.29, 1.82) is 0 Å². The highest BCUT2D eigenvalue weighted by Crippen LogP contribution is 2.30. The molecule has 4 rings (SSSR count). The Labute approximate surface area is 189 Å². The number of hydrogen-bond donors (Lipinski definition) is 2. The fourth-order valence-electron chi connectivity index (χ4n) is 3.60. The minimum Gasteiger partial charge on any atom is -0.346 e. The average Bonchev–Trinajstić information content (AvgIpc) is 3.12. The van der Waals surface area contributed by atoms with Gasteiger partial charge in [-0.2, -0.15) is 8.78 Å². The van der Waals surface area contributed by atoms with E-state index < -0.39 is 47.7 Å². The zero-order valence-corrected chi connectivity index (χ0v) is 17.3. The van der Waals surface area contributed by atoms with Gasteiger partial charge in [0.2, 0.25) is 11.8 Å². The van der Waals surface area contributed by atoms with Crippen molar-refractivity contribution < 1.29 is 30.7 Å². The Kier molecular flexibility index (Phi) is 5.03. The Morgan fingerprint density at radius 1 is 1.25 bits per heavy atom. The second-order valence-electron chi connectivity index (χ2n) is 7.41. The molecule has 1 atom stereocenters. The van der Waals surface area contributed by atoms with E-state index in [1.807, 2.05) is 0 Å². The summed E-state index contributed by atoms with van der Waals surface area (Å²) >= 11 is 5.70. The molecule has 0 saturated carbocycles. The third-order valence-corrected chi connectivity index (χ3v) is 5.54. The van der Waals surface area contributed by atoms with Gasteiger partial charge in [-0.1, -0.05) is 35.9 Å². The summed E-state index contributed by atoms with van der Waals surface area (Å²) in [7, 11) is 0. The number of carbonyl (C=O) groups is 4. The maximum Gasteiger partial charge on any atom is 0.349 e. The van der Waals surface area contributed by atoms with E-state index in [2.05, 4.69) is 5.32 Å². The minimum atomic E-state index is -3.95. The van der Waals surface area contributed by atoms with E-state index in [0.29, 0.717) is 11.1 Å². The number of benzene rings is 2. The van der Waals surface area contributed by atoms with Crippen molar-refractivity contribution in [3.8, 4) is 0 Å². The van der Waals surface area contributed by atoms with Crippen LogP contribution in [0.3, 0.4) is 0 Å². The topological polar surface area (TPSA) is 95.6 Å². The molecule has 1 fully saturated rings. The lowest BCUT2D eigenvalue weighted by Gasteiger charge is -2.29. The fraction of sp³-hybridized carbons (Fsp3) is 0.273. The molecule has 2 N–H and O–H groups in total. The molecule has 7 nitrogen and oxygen atoms in total. The molecule has 1 saturated heterocycles. The largest absolute Gasteiger partial charge is 0.349 e. The Hall–Kier alpha value is -3.33. The molecule has 0 aliphatic carbocycles. The number of hydrogen-bond acceptors (Lipinski definition) is 4. The van der Waals surface area contributed by atoms with Gasteiger partial charge in [0.25, 0.3) is 11.8 Å². The molecule has 2 aromatic carbocycles. The summed E-state index contributed by atoms with van der Waals surface area (Å²) in [5.74, 6) is -7.66. The number of alkyl halides is 2. The molecule has 32 heavy (non-hydrogen) atoms. The van der Waals surface area contributed by atoms with Crippen molar-refractivity contribution in [3.63, 3.8) is 0 Å². The number of piperidine rings is 1. The van der Waals surface area contributed by atoms with Gasteiger partial charge in [-0.05, 0) is 35.7 Å². The van der Waals surface area contributed by atoms with Crippen molar-refractivity contribution in [2.45, 2.75) is 37.9 Å². The van der Waals surface area contributed by atoms with E-state index in [1.54, 1.807) is 0 Å². The van der Waals surface area contributed by atoms with Crippen LogP contribution in [0.1, 0.15) is 41.3 Å². The number of rotatable bonds is 5. The van der Waals surface area contributed by atoms with Crippen LogP contribution in [0.2, 0.25) is 6.43 Å². The van der Waals surface area contributed by atoms with Gasteiger partial charge in [0, 0.05) is 35.7 Å². The number of nitrogens with one attached hydrogen (secondary N) is 2. The summed E-state index contributed by atoms with van der Waals surface area (Å²) in [6, 6.07) is 6.79. The van der Waals surface area contributed by atoms with Crippen LogP contribution in [0.25, 0.3) is 0 Å². The lowest BCUT2D eigenvalue weighted by atomic mass is 10.0. The number of fused-ring (bicyclic) bond motifs is 1. The van der Waals surface area contributed by atoms with Gasteiger partial charge in [-0.25, -0.2) is 0 Å². The first-order valence-electron chi connectivity index (χ1n) is 10.6. The van der Waals surface area contributed by atoms with Gasteiger partial charge in [-0.15, -0.1) is 0 Å². The van der Waals surface area contributed by atoms with Crippen molar-refractivity contribution in [2.75, 3.05) is 0 Å². The predicted molar refractivity (Wildman–Crippen MR) is 110 cm³/mol. The molecule has 4 amide bonds. The number of nitrogens with zero attached hydrogens (tertiary/aromatic N) is 1. The molecule has 2 aromatic rings.